The molecule has 0 unspecified atom stereocenters. The molecule has 114 valence electrons. The third-order valence-corrected chi connectivity index (χ3v) is 3.76. The molecule has 5 nitrogen and oxygen atoms in total. The van der Waals surface area contributed by atoms with Gasteiger partial charge in [0, 0.05) is 12.5 Å². The topological polar surface area (TPSA) is 81.4 Å². The van der Waals surface area contributed by atoms with Gasteiger partial charge >= 0.3 is 6.18 Å². The van der Waals surface area contributed by atoms with E-state index in [2.05, 4.69) is 4.72 Å². The van der Waals surface area contributed by atoms with Crippen LogP contribution < -0.4 is 15.2 Å². The molecule has 0 radical (unpaired) electrons. The zero-order valence-electron chi connectivity index (χ0n) is 10.7. The molecule has 0 aliphatic rings. The second kappa shape index (κ2) is 6.21. The van der Waals surface area contributed by atoms with E-state index in [0.29, 0.717) is 5.75 Å². The summed E-state index contributed by atoms with van der Waals surface area (Å²) in [5.41, 5.74) is 5.82. The maximum atomic E-state index is 12.0. The lowest BCUT2D eigenvalue weighted by atomic mass is 10.2. The molecule has 0 aliphatic carbocycles. The lowest BCUT2D eigenvalue weighted by molar-refractivity contribution is -0.134. The van der Waals surface area contributed by atoms with Gasteiger partial charge in [0.25, 0.3) is 0 Å². The van der Waals surface area contributed by atoms with Gasteiger partial charge in [0.2, 0.25) is 10.0 Å². The highest BCUT2D eigenvalue weighted by Gasteiger charge is 2.27. The molecule has 1 rings (SSSR count). The van der Waals surface area contributed by atoms with Crippen molar-refractivity contribution in [1.82, 2.24) is 0 Å². The van der Waals surface area contributed by atoms with Crippen molar-refractivity contribution in [3.05, 3.63) is 18.2 Å². The molecule has 0 fully saturated rings. The van der Waals surface area contributed by atoms with Crippen LogP contribution >= 0.6 is 0 Å². The number of rotatable bonds is 6. The number of halogens is 3. The highest BCUT2D eigenvalue weighted by atomic mass is 32.2. The highest BCUT2D eigenvalue weighted by molar-refractivity contribution is 7.92. The first-order chi connectivity index (χ1) is 9.13. The summed E-state index contributed by atoms with van der Waals surface area (Å²) in [7, 11) is -2.49. The van der Waals surface area contributed by atoms with Crippen molar-refractivity contribution in [1.29, 1.82) is 0 Å². The quantitative estimate of drug-likeness (QED) is 0.790. The fraction of sp³-hybridized carbons (Fsp3) is 0.455. The number of nitrogen functional groups attached to an aromatic ring is 1. The molecule has 0 amide bonds. The minimum Gasteiger partial charge on any atom is -0.497 e. The van der Waals surface area contributed by atoms with Crippen LogP contribution in [0.15, 0.2) is 18.2 Å². The van der Waals surface area contributed by atoms with E-state index in [1.165, 1.54) is 25.3 Å². The summed E-state index contributed by atoms with van der Waals surface area (Å²) in [6.07, 6.45) is -6.03. The largest absolute Gasteiger partial charge is 0.497 e. The molecule has 9 heteroatoms. The molecule has 0 heterocycles. The predicted molar refractivity (Wildman–Crippen MR) is 70.1 cm³/mol. The zero-order chi connectivity index (χ0) is 15.4. The van der Waals surface area contributed by atoms with Gasteiger partial charge in [-0.3, -0.25) is 4.72 Å². The number of methoxy groups -OCH3 is 1. The number of nitrogens with two attached hydrogens (primary N) is 1. The van der Waals surface area contributed by atoms with E-state index in [1.807, 2.05) is 0 Å². The Hall–Kier alpha value is -1.64. The molecule has 3 N–H and O–H groups in total. The first-order valence-electron chi connectivity index (χ1n) is 5.64. The van der Waals surface area contributed by atoms with E-state index in [4.69, 9.17) is 10.5 Å². The van der Waals surface area contributed by atoms with Gasteiger partial charge in [-0.1, -0.05) is 0 Å². The van der Waals surface area contributed by atoms with Gasteiger partial charge in [0.15, 0.2) is 0 Å². The average molecular weight is 312 g/mol. The monoisotopic (exact) mass is 312 g/mol. The van der Waals surface area contributed by atoms with Gasteiger partial charge in [-0.15, -0.1) is 0 Å². The standard InChI is InChI=1S/C11H15F3N2O3S/c1-19-8-3-4-9(15)10(7-8)16-20(17,18)6-2-5-11(12,13)14/h3-4,7,16H,2,5-6,15H2,1H3. The molecule has 0 aromatic heterocycles. The molecule has 0 aliphatic heterocycles. The van der Waals surface area contributed by atoms with E-state index in [-0.39, 0.29) is 11.4 Å². The Kier molecular flexibility index (Phi) is 5.09. The summed E-state index contributed by atoms with van der Waals surface area (Å²) >= 11 is 0. The predicted octanol–water partition coefficient (Wildman–Crippen LogP) is 2.36. The Morgan fingerprint density at radius 3 is 2.55 bits per heavy atom. The van der Waals surface area contributed by atoms with Gasteiger partial charge < -0.3 is 10.5 Å². The maximum absolute atomic E-state index is 12.0. The molecule has 1 aromatic carbocycles. The molecule has 20 heavy (non-hydrogen) atoms. The summed E-state index contributed by atoms with van der Waals surface area (Å²) in [6, 6.07) is 4.33. The SMILES string of the molecule is COc1ccc(N)c(NS(=O)(=O)CCCC(F)(F)F)c1. The van der Waals surface area contributed by atoms with Gasteiger partial charge in [-0.25, -0.2) is 8.42 Å². The van der Waals surface area contributed by atoms with E-state index in [9.17, 15) is 21.6 Å². The number of nitrogens with one attached hydrogen (secondary N) is 1. The molecule has 0 saturated heterocycles. The number of benzene rings is 1. The van der Waals surface area contributed by atoms with Crippen molar-refractivity contribution in [2.45, 2.75) is 19.0 Å². The van der Waals surface area contributed by atoms with Crippen LogP contribution in [-0.4, -0.2) is 27.5 Å². The van der Waals surface area contributed by atoms with Crippen LogP contribution in [0.4, 0.5) is 24.5 Å². The Morgan fingerprint density at radius 2 is 2.00 bits per heavy atom. The van der Waals surface area contributed by atoms with Crippen molar-refractivity contribution in [3.63, 3.8) is 0 Å². The van der Waals surface area contributed by atoms with Crippen LogP contribution in [0.5, 0.6) is 5.75 Å². The van der Waals surface area contributed by atoms with Crippen molar-refractivity contribution >= 4 is 21.4 Å². The summed E-state index contributed by atoms with van der Waals surface area (Å²) in [6.45, 7) is 0. The first-order valence-corrected chi connectivity index (χ1v) is 7.29. The molecule has 1 aromatic rings. The maximum Gasteiger partial charge on any atom is 0.389 e. The Morgan fingerprint density at radius 1 is 1.35 bits per heavy atom. The molecule has 0 saturated carbocycles. The molecule has 0 spiro atoms. The van der Waals surface area contributed by atoms with Gasteiger partial charge in [0.1, 0.15) is 5.75 Å². The number of hydrogen-bond acceptors (Lipinski definition) is 4. The van der Waals surface area contributed by atoms with Gasteiger partial charge in [0.05, 0.1) is 24.2 Å². The minimum atomic E-state index is -4.37. The van der Waals surface area contributed by atoms with Crippen molar-refractivity contribution in [3.8, 4) is 5.75 Å². The summed E-state index contributed by atoms with van der Waals surface area (Å²) in [5.74, 6) is -0.254. The first kappa shape index (κ1) is 16.4. The normalized spacial score (nSPS) is 12.2. The molecular formula is C11H15F3N2O3S. The lowest BCUT2D eigenvalue weighted by Crippen LogP contribution is -2.19. The number of sulfonamides is 1. The minimum absolute atomic E-state index is 0.0800. The van der Waals surface area contributed by atoms with E-state index >= 15 is 0 Å². The van der Waals surface area contributed by atoms with Crippen molar-refractivity contribution in [2.75, 3.05) is 23.3 Å². The van der Waals surface area contributed by atoms with Crippen molar-refractivity contribution in [2.24, 2.45) is 0 Å². The molecular weight excluding hydrogens is 297 g/mol. The molecule has 0 atom stereocenters. The van der Waals surface area contributed by atoms with Crippen LogP contribution in [0.3, 0.4) is 0 Å². The number of ether oxygens (including phenoxy) is 1. The fourth-order valence-electron chi connectivity index (χ4n) is 1.43. The summed E-state index contributed by atoms with van der Waals surface area (Å²) in [5, 5.41) is 0. The average Bonchev–Trinajstić information content (AvgIpc) is 2.29. The van der Waals surface area contributed by atoms with E-state index < -0.39 is 34.8 Å². The van der Waals surface area contributed by atoms with Crippen LogP contribution in [-0.2, 0) is 10.0 Å². The Balaban J connectivity index is 2.71. The number of anilines is 2. The number of alkyl halides is 3. The highest BCUT2D eigenvalue weighted by Crippen LogP contribution is 2.26. The third-order valence-electron chi connectivity index (χ3n) is 2.40. The second-order valence-electron chi connectivity index (χ2n) is 4.09. The van der Waals surface area contributed by atoms with Gasteiger partial charge in [-0.05, 0) is 18.6 Å². The second-order valence-corrected chi connectivity index (χ2v) is 5.93. The fourth-order valence-corrected chi connectivity index (χ4v) is 2.57. The van der Waals surface area contributed by atoms with Crippen LogP contribution in [0.1, 0.15) is 12.8 Å². The Labute approximate surface area is 115 Å². The Bertz CT molecular complexity index is 559. The third kappa shape index (κ3) is 5.55. The molecule has 0 bridgehead atoms. The van der Waals surface area contributed by atoms with E-state index in [0.717, 1.165) is 0 Å². The number of hydrogen-bond donors (Lipinski definition) is 2. The lowest BCUT2D eigenvalue weighted by Gasteiger charge is -2.12. The summed E-state index contributed by atoms with van der Waals surface area (Å²) in [4.78, 5) is 0. The zero-order valence-corrected chi connectivity index (χ0v) is 11.5. The van der Waals surface area contributed by atoms with Crippen molar-refractivity contribution < 1.29 is 26.3 Å². The van der Waals surface area contributed by atoms with Crippen LogP contribution in [0, 0.1) is 0 Å². The van der Waals surface area contributed by atoms with Crippen LogP contribution in [0.2, 0.25) is 0 Å². The summed E-state index contributed by atoms with van der Waals surface area (Å²) < 4.78 is 66.3. The van der Waals surface area contributed by atoms with E-state index in [1.54, 1.807) is 0 Å². The van der Waals surface area contributed by atoms with Gasteiger partial charge in [-0.2, -0.15) is 13.2 Å². The smallest absolute Gasteiger partial charge is 0.389 e. The van der Waals surface area contributed by atoms with Crippen LogP contribution in [0.25, 0.3) is 0 Å².